The third-order valence-corrected chi connectivity index (χ3v) is 5.26. The Hall–Kier alpha value is -1.26. The third-order valence-electron chi connectivity index (χ3n) is 4.38. The number of aromatic nitrogens is 2. The molecule has 20 heavy (non-hydrogen) atoms. The van der Waals surface area contributed by atoms with Gasteiger partial charge in [-0.3, -0.25) is 0 Å². The monoisotopic (exact) mass is 285 g/mol. The molecule has 0 bridgehead atoms. The average molecular weight is 285 g/mol. The van der Waals surface area contributed by atoms with Crippen LogP contribution in [0.25, 0.3) is 10.6 Å². The summed E-state index contributed by atoms with van der Waals surface area (Å²) in [7, 11) is 0. The molecule has 1 unspecified atom stereocenters. The summed E-state index contributed by atoms with van der Waals surface area (Å²) in [5.41, 5.74) is 3.94. The maximum atomic E-state index is 4.97. The molecule has 3 heterocycles. The Morgan fingerprint density at radius 3 is 2.95 bits per heavy atom. The van der Waals surface area contributed by atoms with E-state index in [0.29, 0.717) is 5.92 Å². The summed E-state index contributed by atoms with van der Waals surface area (Å²) in [5, 5.41) is 5.57. The van der Waals surface area contributed by atoms with Crippen molar-refractivity contribution in [2.24, 2.45) is 0 Å². The van der Waals surface area contributed by atoms with Gasteiger partial charge in [-0.05, 0) is 50.1 Å². The van der Waals surface area contributed by atoms with E-state index in [1.165, 1.54) is 41.1 Å². The van der Waals surface area contributed by atoms with Gasteiger partial charge in [0.1, 0.15) is 5.82 Å². The Kier molecular flexibility index (Phi) is 3.28. The van der Waals surface area contributed by atoms with Crippen LogP contribution in [-0.4, -0.2) is 23.1 Å². The molecule has 2 aromatic rings. The van der Waals surface area contributed by atoms with Crippen molar-refractivity contribution < 1.29 is 0 Å². The number of aryl methyl sites for hydroxylation is 1. The minimum absolute atomic E-state index is 0.501. The van der Waals surface area contributed by atoms with Crippen LogP contribution in [0.15, 0.2) is 17.5 Å². The Morgan fingerprint density at radius 1 is 1.20 bits per heavy atom. The largest absolute Gasteiger partial charge is 0.316 e. The molecule has 104 valence electrons. The van der Waals surface area contributed by atoms with Crippen molar-refractivity contribution in [2.45, 2.75) is 38.0 Å². The fourth-order valence-corrected chi connectivity index (χ4v) is 4.03. The number of nitrogens with one attached hydrogen (secondary N) is 1. The highest BCUT2D eigenvalue weighted by Gasteiger charge is 2.24. The zero-order valence-electron chi connectivity index (χ0n) is 11.6. The first-order valence-electron chi connectivity index (χ1n) is 7.56. The quantitative estimate of drug-likeness (QED) is 0.921. The highest BCUT2D eigenvalue weighted by Crippen LogP contribution is 2.33. The van der Waals surface area contributed by atoms with E-state index in [-0.39, 0.29) is 0 Å². The van der Waals surface area contributed by atoms with E-state index in [1.54, 1.807) is 11.3 Å². The van der Waals surface area contributed by atoms with Gasteiger partial charge in [0.15, 0.2) is 0 Å². The van der Waals surface area contributed by atoms with Crippen LogP contribution in [-0.2, 0) is 12.8 Å². The maximum Gasteiger partial charge on any atom is 0.133 e. The Morgan fingerprint density at radius 2 is 2.15 bits per heavy atom. The van der Waals surface area contributed by atoms with Gasteiger partial charge in [-0.2, -0.15) is 0 Å². The molecular formula is C16H19N3S. The molecule has 4 rings (SSSR count). The van der Waals surface area contributed by atoms with Crippen molar-refractivity contribution in [2.75, 3.05) is 13.1 Å². The normalized spacial score (nSPS) is 21.9. The number of hydrogen-bond donors (Lipinski definition) is 1. The molecule has 0 aromatic carbocycles. The number of rotatable bonds is 2. The number of nitrogens with zero attached hydrogens (tertiary/aromatic N) is 2. The van der Waals surface area contributed by atoms with Crippen LogP contribution in [0.1, 0.15) is 42.3 Å². The van der Waals surface area contributed by atoms with Crippen LogP contribution in [0, 0.1) is 0 Å². The molecule has 1 fully saturated rings. The van der Waals surface area contributed by atoms with E-state index in [9.17, 15) is 0 Å². The Labute approximate surface area is 123 Å². The minimum atomic E-state index is 0.501. The van der Waals surface area contributed by atoms with Crippen molar-refractivity contribution in [1.82, 2.24) is 15.3 Å². The summed E-state index contributed by atoms with van der Waals surface area (Å²) in [6.07, 6.45) is 5.99. The number of thiophene rings is 1. The van der Waals surface area contributed by atoms with Gasteiger partial charge in [-0.15, -0.1) is 11.3 Å². The third kappa shape index (κ3) is 2.17. The first-order chi connectivity index (χ1) is 9.92. The van der Waals surface area contributed by atoms with E-state index in [4.69, 9.17) is 9.97 Å². The smallest absolute Gasteiger partial charge is 0.133 e. The molecule has 0 saturated carbocycles. The SMILES string of the molecule is c1csc(-c2nc(C3CCNC3)nc3c2CCCC3)c1. The van der Waals surface area contributed by atoms with E-state index in [0.717, 1.165) is 31.8 Å². The first kappa shape index (κ1) is 12.5. The van der Waals surface area contributed by atoms with E-state index in [2.05, 4.69) is 22.8 Å². The molecule has 2 aromatic heterocycles. The van der Waals surface area contributed by atoms with Crippen LogP contribution in [0.3, 0.4) is 0 Å². The van der Waals surface area contributed by atoms with Gasteiger partial charge >= 0.3 is 0 Å². The lowest BCUT2D eigenvalue weighted by atomic mass is 9.93. The van der Waals surface area contributed by atoms with Gasteiger partial charge in [0.05, 0.1) is 10.6 Å². The second-order valence-electron chi connectivity index (χ2n) is 5.73. The summed E-state index contributed by atoms with van der Waals surface area (Å²) in [5.74, 6) is 1.57. The lowest BCUT2D eigenvalue weighted by molar-refractivity contribution is 0.634. The maximum absolute atomic E-state index is 4.97. The van der Waals surface area contributed by atoms with Crippen molar-refractivity contribution in [3.05, 3.63) is 34.6 Å². The molecule has 0 radical (unpaired) electrons. The van der Waals surface area contributed by atoms with Gasteiger partial charge in [0.25, 0.3) is 0 Å². The van der Waals surface area contributed by atoms with Crippen molar-refractivity contribution in [3.63, 3.8) is 0 Å². The van der Waals surface area contributed by atoms with Crippen molar-refractivity contribution in [3.8, 4) is 10.6 Å². The zero-order valence-corrected chi connectivity index (χ0v) is 12.4. The summed E-state index contributed by atoms with van der Waals surface area (Å²) >= 11 is 1.79. The lowest BCUT2D eigenvalue weighted by Crippen LogP contribution is -2.15. The van der Waals surface area contributed by atoms with E-state index in [1.807, 2.05) is 0 Å². The summed E-state index contributed by atoms with van der Waals surface area (Å²) in [4.78, 5) is 11.2. The first-order valence-corrected chi connectivity index (χ1v) is 8.44. The molecule has 1 N–H and O–H groups in total. The lowest BCUT2D eigenvalue weighted by Gasteiger charge is -2.20. The molecule has 0 amide bonds. The standard InChI is InChI=1S/C16H19N3S/c1-2-5-13-12(4-1)15(14-6-3-9-20-14)19-16(18-13)11-7-8-17-10-11/h3,6,9,11,17H,1-2,4-5,7-8,10H2. The highest BCUT2D eigenvalue weighted by atomic mass is 32.1. The fourth-order valence-electron chi connectivity index (χ4n) is 3.29. The van der Waals surface area contributed by atoms with Gasteiger partial charge in [-0.25, -0.2) is 9.97 Å². The predicted molar refractivity (Wildman–Crippen MR) is 82.2 cm³/mol. The number of hydrogen-bond acceptors (Lipinski definition) is 4. The minimum Gasteiger partial charge on any atom is -0.316 e. The topological polar surface area (TPSA) is 37.8 Å². The fraction of sp³-hybridized carbons (Fsp3) is 0.500. The number of fused-ring (bicyclic) bond motifs is 1. The zero-order chi connectivity index (χ0) is 13.4. The summed E-state index contributed by atoms with van der Waals surface area (Å²) in [6, 6.07) is 4.31. The molecule has 4 heteroatoms. The van der Waals surface area contributed by atoms with Crippen molar-refractivity contribution >= 4 is 11.3 Å². The molecule has 1 atom stereocenters. The molecule has 0 spiro atoms. The predicted octanol–water partition coefficient (Wildman–Crippen LogP) is 3.16. The second-order valence-corrected chi connectivity index (χ2v) is 6.68. The summed E-state index contributed by atoms with van der Waals surface area (Å²) < 4.78 is 0. The van der Waals surface area contributed by atoms with E-state index < -0.39 is 0 Å². The molecule has 1 saturated heterocycles. The van der Waals surface area contributed by atoms with Gasteiger partial charge < -0.3 is 5.32 Å². The highest BCUT2D eigenvalue weighted by molar-refractivity contribution is 7.13. The molecule has 3 nitrogen and oxygen atoms in total. The summed E-state index contributed by atoms with van der Waals surface area (Å²) in [6.45, 7) is 2.13. The molecule has 1 aliphatic heterocycles. The van der Waals surface area contributed by atoms with Gasteiger partial charge in [0.2, 0.25) is 0 Å². The van der Waals surface area contributed by atoms with Gasteiger partial charge in [-0.1, -0.05) is 6.07 Å². The average Bonchev–Trinajstić information content (AvgIpc) is 3.19. The van der Waals surface area contributed by atoms with Crippen LogP contribution >= 0.6 is 11.3 Å². The Bertz CT molecular complexity index is 600. The van der Waals surface area contributed by atoms with E-state index >= 15 is 0 Å². The van der Waals surface area contributed by atoms with Crippen LogP contribution in [0.2, 0.25) is 0 Å². The van der Waals surface area contributed by atoms with Gasteiger partial charge in [0, 0.05) is 23.7 Å². The second kappa shape index (κ2) is 5.26. The molecular weight excluding hydrogens is 266 g/mol. The molecule has 1 aliphatic carbocycles. The van der Waals surface area contributed by atoms with Crippen LogP contribution in [0.4, 0.5) is 0 Å². The van der Waals surface area contributed by atoms with Crippen LogP contribution < -0.4 is 5.32 Å². The molecule has 2 aliphatic rings. The Balaban J connectivity index is 1.84. The van der Waals surface area contributed by atoms with Crippen molar-refractivity contribution in [1.29, 1.82) is 0 Å². The van der Waals surface area contributed by atoms with Crippen LogP contribution in [0.5, 0.6) is 0 Å².